The highest BCUT2D eigenvalue weighted by atomic mass is 79.9. The quantitative estimate of drug-likeness (QED) is 0.518. The van der Waals surface area contributed by atoms with Crippen LogP contribution < -0.4 is 0 Å². The molecule has 0 spiro atoms. The van der Waals surface area contributed by atoms with Crippen LogP contribution in [0, 0.1) is 0 Å². The van der Waals surface area contributed by atoms with E-state index in [-0.39, 0.29) is 0 Å². The van der Waals surface area contributed by atoms with Crippen LogP contribution in [0.3, 0.4) is 0 Å². The molecule has 120 valence electrons. The molecular weight excluding hydrogens is 370 g/mol. The molecule has 0 unspecified atom stereocenters. The molecule has 3 heterocycles. The van der Waals surface area contributed by atoms with E-state index in [4.69, 9.17) is 14.3 Å². The maximum Gasteiger partial charge on any atom is 0.164 e. The first-order valence-corrected chi connectivity index (χ1v) is 8.22. The van der Waals surface area contributed by atoms with Crippen LogP contribution in [0.1, 0.15) is 5.69 Å². The molecule has 5 nitrogen and oxygen atoms in total. The molecule has 24 heavy (non-hydrogen) atoms. The fraction of sp³-hybridized carbons (Fsp3) is 0.111. The average Bonchev–Trinajstić information content (AvgIpc) is 3.23. The number of furan rings is 1. The lowest BCUT2D eigenvalue weighted by Gasteiger charge is -2.03. The molecule has 0 radical (unpaired) electrons. The van der Waals surface area contributed by atoms with Crippen LogP contribution in [-0.2, 0) is 11.3 Å². The Morgan fingerprint density at radius 1 is 1.17 bits per heavy atom. The van der Waals surface area contributed by atoms with Crippen molar-refractivity contribution in [2.75, 3.05) is 7.11 Å². The van der Waals surface area contributed by atoms with Crippen molar-refractivity contribution < 1.29 is 9.15 Å². The fourth-order valence-electron chi connectivity index (χ4n) is 2.75. The van der Waals surface area contributed by atoms with Gasteiger partial charge in [0, 0.05) is 17.8 Å². The van der Waals surface area contributed by atoms with Gasteiger partial charge in [0.25, 0.3) is 0 Å². The zero-order chi connectivity index (χ0) is 16.5. The molecule has 3 aromatic heterocycles. The Balaban J connectivity index is 1.99. The molecule has 0 aliphatic rings. The van der Waals surface area contributed by atoms with Crippen molar-refractivity contribution in [2.45, 2.75) is 6.61 Å². The molecule has 4 aromatic rings. The highest BCUT2D eigenvalue weighted by molar-refractivity contribution is 9.10. The van der Waals surface area contributed by atoms with Gasteiger partial charge in [-0.15, -0.1) is 0 Å². The molecule has 0 N–H and O–H groups in total. The number of fused-ring (bicyclic) bond motifs is 1. The topological polar surface area (TPSA) is 52.6 Å². The SMILES string of the molecule is COCc1nn2c(-c3ccco3)ccnc2c1-c1ccc(Br)cc1. The third-order valence-electron chi connectivity index (χ3n) is 3.78. The average molecular weight is 384 g/mol. The van der Waals surface area contributed by atoms with E-state index in [0.717, 1.165) is 38.4 Å². The highest BCUT2D eigenvalue weighted by Gasteiger charge is 2.18. The minimum Gasteiger partial charge on any atom is -0.463 e. The van der Waals surface area contributed by atoms with E-state index in [0.29, 0.717) is 6.61 Å². The Hall–Kier alpha value is -2.44. The van der Waals surface area contributed by atoms with Gasteiger partial charge in [-0.1, -0.05) is 28.1 Å². The van der Waals surface area contributed by atoms with Crippen molar-refractivity contribution in [1.29, 1.82) is 0 Å². The Bertz CT molecular complexity index is 976. The first kappa shape index (κ1) is 15.1. The van der Waals surface area contributed by atoms with Gasteiger partial charge in [0.15, 0.2) is 11.4 Å². The molecule has 4 rings (SSSR count). The summed E-state index contributed by atoms with van der Waals surface area (Å²) >= 11 is 3.47. The summed E-state index contributed by atoms with van der Waals surface area (Å²) in [6.07, 6.45) is 3.42. The molecule has 0 aliphatic carbocycles. The second-order valence-corrected chi connectivity index (χ2v) is 6.22. The third-order valence-corrected chi connectivity index (χ3v) is 4.31. The summed E-state index contributed by atoms with van der Waals surface area (Å²) in [5.41, 5.74) is 4.48. The van der Waals surface area contributed by atoms with Gasteiger partial charge in [0.2, 0.25) is 0 Å². The first-order valence-electron chi connectivity index (χ1n) is 7.43. The van der Waals surface area contributed by atoms with Crippen LogP contribution in [0.4, 0.5) is 0 Å². The van der Waals surface area contributed by atoms with E-state index in [1.807, 2.05) is 47.0 Å². The van der Waals surface area contributed by atoms with Gasteiger partial charge in [-0.25, -0.2) is 9.50 Å². The minimum atomic E-state index is 0.409. The number of benzene rings is 1. The Labute approximate surface area is 147 Å². The van der Waals surface area contributed by atoms with E-state index < -0.39 is 0 Å². The molecule has 0 bridgehead atoms. The summed E-state index contributed by atoms with van der Waals surface area (Å²) < 4.78 is 13.7. The van der Waals surface area contributed by atoms with Gasteiger partial charge in [-0.2, -0.15) is 5.10 Å². The molecule has 6 heteroatoms. The maximum absolute atomic E-state index is 5.53. The van der Waals surface area contributed by atoms with Gasteiger partial charge in [-0.05, 0) is 35.9 Å². The summed E-state index contributed by atoms with van der Waals surface area (Å²) in [6.45, 7) is 0.409. The molecule has 0 fully saturated rings. The van der Waals surface area contributed by atoms with E-state index in [2.05, 4.69) is 20.9 Å². The number of methoxy groups -OCH3 is 1. The summed E-state index contributed by atoms with van der Waals surface area (Å²) in [7, 11) is 1.66. The summed E-state index contributed by atoms with van der Waals surface area (Å²) in [5.74, 6) is 0.747. The van der Waals surface area contributed by atoms with Gasteiger partial charge in [0.05, 0.1) is 24.1 Å². The molecule has 0 saturated carbocycles. The molecule has 1 aromatic carbocycles. The Kier molecular flexibility index (Phi) is 3.92. The molecule has 0 amide bonds. The largest absolute Gasteiger partial charge is 0.463 e. The first-order chi connectivity index (χ1) is 11.8. The van der Waals surface area contributed by atoms with E-state index in [1.54, 1.807) is 19.6 Å². The van der Waals surface area contributed by atoms with E-state index in [1.165, 1.54) is 0 Å². The van der Waals surface area contributed by atoms with Gasteiger partial charge in [-0.3, -0.25) is 0 Å². The van der Waals surface area contributed by atoms with Crippen molar-refractivity contribution in [3.63, 3.8) is 0 Å². The lowest BCUT2D eigenvalue weighted by Crippen LogP contribution is -1.95. The predicted molar refractivity (Wildman–Crippen MR) is 94.5 cm³/mol. The zero-order valence-corrected chi connectivity index (χ0v) is 14.5. The monoisotopic (exact) mass is 383 g/mol. The number of halogens is 1. The smallest absolute Gasteiger partial charge is 0.164 e. The van der Waals surface area contributed by atoms with Crippen molar-refractivity contribution >= 4 is 21.6 Å². The lowest BCUT2D eigenvalue weighted by molar-refractivity contribution is 0.181. The molecular formula is C18H14BrN3O2. The van der Waals surface area contributed by atoms with Crippen molar-refractivity contribution in [3.8, 4) is 22.6 Å². The number of aromatic nitrogens is 3. The van der Waals surface area contributed by atoms with Crippen LogP contribution in [0.5, 0.6) is 0 Å². The van der Waals surface area contributed by atoms with Crippen LogP contribution in [0.2, 0.25) is 0 Å². The minimum absolute atomic E-state index is 0.409. The molecule has 0 saturated heterocycles. The third kappa shape index (κ3) is 2.53. The Morgan fingerprint density at radius 3 is 2.71 bits per heavy atom. The highest BCUT2D eigenvalue weighted by Crippen LogP contribution is 2.31. The van der Waals surface area contributed by atoms with Crippen molar-refractivity contribution in [2.24, 2.45) is 0 Å². The summed E-state index contributed by atoms with van der Waals surface area (Å²) in [6, 6.07) is 13.8. The second kappa shape index (κ2) is 6.22. The van der Waals surface area contributed by atoms with Crippen LogP contribution in [0.25, 0.3) is 28.2 Å². The van der Waals surface area contributed by atoms with Gasteiger partial charge in [0.1, 0.15) is 5.69 Å². The lowest BCUT2D eigenvalue weighted by atomic mass is 10.1. The number of ether oxygens (including phenoxy) is 1. The number of rotatable bonds is 4. The van der Waals surface area contributed by atoms with Crippen LogP contribution in [-0.4, -0.2) is 21.7 Å². The second-order valence-electron chi connectivity index (χ2n) is 5.30. The number of hydrogen-bond acceptors (Lipinski definition) is 4. The summed E-state index contributed by atoms with van der Waals surface area (Å²) in [4.78, 5) is 4.54. The van der Waals surface area contributed by atoms with Crippen molar-refractivity contribution in [1.82, 2.24) is 14.6 Å². The van der Waals surface area contributed by atoms with E-state index >= 15 is 0 Å². The maximum atomic E-state index is 5.53. The van der Waals surface area contributed by atoms with E-state index in [9.17, 15) is 0 Å². The normalized spacial score (nSPS) is 11.2. The number of hydrogen-bond donors (Lipinski definition) is 0. The van der Waals surface area contributed by atoms with Gasteiger partial charge < -0.3 is 9.15 Å². The van der Waals surface area contributed by atoms with Crippen molar-refractivity contribution in [3.05, 3.63) is 65.1 Å². The molecule has 0 aliphatic heterocycles. The van der Waals surface area contributed by atoms with Gasteiger partial charge >= 0.3 is 0 Å². The zero-order valence-electron chi connectivity index (χ0n) is 12.9. The number of nitrogens with zero attached hydrogens (tertiary/aromatic N) is 3. The fourth-order valence-corrected chi connectivity index (χ4v) is 3.01. The predicted octanol–water partition coefficient (Wildman–Crippen LogP) is 4.57. The standard InChI is InChI=1S/C18H14BrN3O2/c1-23-11-14-17(12-4-6-13(19)7-5-12)18-20-9-8-15(22(18)21-14)16-3-2-10-24-16/h2-10H,11H2,1H3. The van der Waals surface area contributed by atoms with Crippen LogP contribution >= 0.6 is 15.9 Å². The molecule has 0 atom stereocenters. The Morgan fingerprint density at radius 2 is 2.00 bits per heavy atom. The van der Waals surface area contributed by atoms with Crippen LogP contribution in [0.15, 0.2) is 63.8 Å². The summed E-state index contributed by atoms with van der Waals surface area (Å²) in [5, 5.41) is 4.71.